The van der Waals surface area contributed by atoms with Crippen molar-refractivity contribution < 1.29 is 4.52 Å². The van der Waals surface area contributed by atoms with E-state index in [1.165, 1.54) is 0 Å². The molecule has 0 aliphatic heterocycles. The molecule has 0 N–H and O–H groups in total. The third-order valence-electron chi connectivity index (χ3n) is 3.63. The van der Waals surface area contributed by atoms with Gasteiger partial charge in [0.2, 0.25) is 0 Å². The standard InChI is InChI=1S/C18H21Cl2OPS3/c1-4-21-22(23,15-8-6-5-7-9-15)25-13-24-18(2,3)14-10-11-16(19)17(20)12-14/h5-12H,4,13H2,1-3H3. The number of hydrogen-bond donors (Lipinski definition) is 0. The third kappa shape index (κ3) is 5.90. The maximum atomic E-state index is 6.17. The van der Waals surface area contributed by atoms with E-state index in [4.69, 9.17) is 39.5 Å². The summed E-state index contributed by atoms with van der Waals surface area (Å²) < 4.78 is 5.91. The van der Waals surface area contributed by atoms with Gasteiger partial charge in [0.1, 0.15) is 5.47 Å². The van der Waals surface area contributed by atoms with Crippen molar-refractivity contribution in [3.63, 3.8) is 0 Å². The smallest absolute Gasteiger partial charge is 0.149 e. The van der Waals surface area contributed by atoms with Crippen LogP contribution in [0, 0.1) is 0 Å². The first kappa shape index (κ1) is 21.6. The molecule has 0 spiro atoms. The van der Waals surface area contributed by atoms with Gasteiger partial charge in [-0.05, 0) is 38.5 Å². The van der Waals surface area contributed by atoms with Gasteiger partial charge in [-0.2, -0.15) is 0 Å². The average molecular weight is 451 g/mol. The lowest BCUT2D eigenvalue weighted by atomic mass is 10.0. The van der Waals surface area contributed by atoms with Gasteiger partial charge < -0.3 is 4.52 Å². The fourth-order valence-electron chi connectivity index (χ4n) is 2.16. The molecule has 0 fully saturated rings. The summed E-state index contributed by atoms with van der Waals surface area (Å²) in [6.07, 6.45) is 0. The van der Waals surface area contributed by atoms with Crippen LogP contribution in [0.25, 0.3) is 0 Å². The van der Waals surface area contributed by atoms with Crippen LogP contribution in [0.15, 0.2) is 48.5 Å². The zero-order chi connectivity index (χ0) is 18.5. The highest BCUT2D eigenvalue weighted by Gasteiger charge is 2.26. The molecule has 1 nitrogen and oxygen atoms in total. The molecule has 0 aliphatic carbocycles. The summed E-state index contributed by atoms with van der Waals surface area (Å²) in [7, 11) is 0. The van der Waals surface area contributed by atoms with Crippen LogP contribution in [-0.2, 0) is 21.1 Å². The minimum atomic E-state index is -2.08. The van der Waals surface area contributed by atoms with Crippen molar-refractivity contribution in [2.24, 2.45) is 0 Å². The second-order valence-electron chi connectivity index (χ2n) is 5.78. The Morgan fingerprint density at radius 1 is 1.08 bits per heavy atom. The first-order valence-corrected chi connectivity index (χ1v) is 13.9. The molecular weight excluding hydrogens is 430 g/mol. The van der Waals surface area contributed by atoms with Gasteiger partial charge >= 0.3 is 0 Å². The quantitative estimate of drug-likeness (QED) is 0.307. The fourth-order valence-corrected chi connectivity index (χ4v) is 10.9. The number of thioether (sulfide) groups is 1. The number of benzene rings is 2. The first-order valence-electron chi connectivity index (χ1n) is 7.83. The Hall–Kier alpha value is 0.330. The van der Waals surface area contributed by atoms with E-state index in [0.29, 0.717) is 16.7 Å². The minimum Gasteiger partial charge on any atom is -0.338 e. The van der Waals surface area contributed by atoms with Gasteiger partial charge in [-0.25, -0.2) is 0 Å². The zero-order valence-corrected chi connectivity index (χ0v) is 19.2. The van der Waals surface area contributed by atoms with Crippen LogP contribution in [0.5, 0.6) is 0 Å². The predicted octanol–water partition coefficient (Wildman–Crippen LogP) is 7.32. The average Bonchev–Trinajstić information content (AvgIpc) is 2.58. The van der Waals surface area contributed by atoms with Crippen LogP contribution in [0.4, 0.5) is 0 Å². The van der Waals surface area contributed by atoms with E-state index in [0.717, 1.165) is 16.0 Å². The molecule has 0 saturated carbocycles. The van der Waals surface area contributed by atoms with Gasteiger partial charge in [-0.1, -0.05) is 82.8 Å². The highest BCUT2D eigenvalue weighted by Crippen LogP contribution is 2.60. The van der Waals surface area contributed by atoms with Crippen LogP contribution in [-0.4, -0.2) is 11.7 Å². The fraction of sp³-hybridized carbons (Fsp3) is 0.333. The predicted molar refractivity (Wildman–Crippen MR) is 122 cm³/mol. The van der Waals surface area contributed by atoms with E-state index in [2.05, 4.69) is 26.0 Å². The normalized spacial score (nSPS) is 14.3. The molecule has 0 aliphatic rings. The minimum absolute atomic E-state index is 0.0930. The molecule has 0 amide bonds. The second kappa shape index (κ2) is 9.50. The van der Waals surface area contributed by atoms with E-state index >= 15 is 0 Å². The van der Waals surface area contributed by atoms with Gasteiger partial charge in [0.15, 0.2) is 0 Å². The molecule has 1 unspecified atom stereocenters. The monoisotopic (exact) mass is 450 g/mol. The number of hydrogen-bond acceptors (Lipinski definition) is 4. The van der Waals surface area contributed by atoms with Gasteiger partial charge in [0.05, 0.1) is 16.7 Å². The van der Waals surface area contributed by atoms with Crippen LogP contribution >= 0.6 is 51.8 Å². The van der Waals surface area contributed by atoms with Gasteiger partial charge in [-0.3, -0.25) is 0 Å². The van der Waals surface area contributed by atoms with Gasteiger partial charge in [0, 0.05) is 15.1 Å². The Morgan fingerprint density at radius 2 is 1.76 bits per heavy atom. The summed E-state index contributed by atoms with van der Waals surface area (Å²) in [6, 6.07) is 16.0. The maximum absolute atomic E-state index is 6.17. The Balaban J connectivity index is 2.08. The van der Waals surface area contributed by atoms with E-state index in [1.807, 2.05) is 55.1 Å². The van der Waals surface area contributed by atoms with Gasteiger partial charge in [-0.15, -0.1) is 11.8 Å². The Labute approximate surface area is 174 Å². The topological polar surface area (TPSA) is 9.23 Å². The maximum Gasteiger partial charge on any atom is 0.149 e. The molecule has 2 aromatic carbocycles. The summed E-state index contributed by atoms with van der Waals surface area (Å²) >= 11 is 21.7. The molecule has 0 aromatic heterocycles. The van der Waals surface area contributed by atoms with E-state index in [-0.39, 0.29) is 4.75 Å². The van der Waals surface area contributed by atoms with Crippen molar-refractivity contribution >= 4 is 68.9 Å². The van der Waals surface area contributed by atoms with Crippen molar-refractivity contribution in [1.82, 2.24) is 0 Å². The Morgan fingerprint density at radius 3 is 2.36 bits per heavy atom. The highest BCUT2D eigenvalue weighted by molar-refractivity contribution is 8.73. The molecule has 0 heterocycles. The van der Waals surface area contributed by atoms with Gasteiger partial charge in [0.25, 0.3) is 0 Å². The molecule has 2 aromatic rings. The van der Waals surface area contributed by atoms with Crippen LogP contribution in [0.2, 0.25) is 10.0 Å². The number of halogens is 2. The lowest BCUT2D eigenvalue weighted by molar-refractivity contribution is 0.390. The first-order chi connectivity index (χ1) is 11.8. The molecule has 2 rings (SSSR count). The van der Waals surface area contributed by atoms with Crippen molar-refractivity contribution in [1.29, 1.82) is 0 Å². The highest BCUT2D eigenvalue weighted by atomic mass is 35.5. The largest absolute Gasteiger partial charge is 0.338 e. The van der Waals surface area contributed by atoms with E-state index in [1.54, 1.807) is 11.4 Å². The Bertz CT molecular complexity index is 753. The third-order valence-corrected chi connectivity index (χ3v) is 12.9. The van der Waals surface area contributed by atoms with Crippen LogP contribution in [0.3, 0.4) is 0 Å². The van der Waals surface area contributed by atoms with Crippen molar-refractivity contribution in [2.75, 3.05) is 11.7 Å². The molecule has 25 heavy (non-hydrogen) atoms. The SMILES string of the molecule is CCOP(=S)(SCSC(C)(C)c1ccc(Cl)c(Cl)c1)c1ccccc1. The molecule has 0 bridgehead atoms. The molecule has 0 radical (unpaired) electrons. The molecule has 1 atom stereocenters. The number of rotatable bonds is 8. The van der Waals surface area contributed by atoms with E-state index in [9.17, 15) is 0 Å². The van der Waals surface area contributed by atoms with Crippen molar-refractivity contribution in [2.45, 2.75) is 25.5 Å². The van der Waals surface area contributed by atoms with Crippen LogP contribution < -0.4 is 5.30 Å². The molecular formula is C18H21Cl2OPS3. The van der Waals surface area contributed by atoms with E-state index < -0.39 is 5.47 Å². The second-order valence-corrected chi connectivity index (χ2v) is 15.4. The lowest BCUT2D eigenvalue weighted by Gasteiger charge is -2.27. The summed E-state index contributed by atoms with van der Waals surface area (Å²) in [5, 5.41) is 3.13. The van der Waals surface area contributed by atoms with Crippen molar-refractivity contribution in [3.8, 4) is 0 Å². The lowest BCUT2D eigenvalue weighted by Crippen LogP contribution is -2.12. The molecule has 136 valence electrons. The van der Waals surface area contributed by atoms with Crippen molar-refractivity contribution in [3.05, 3.63) is 64.1 Å². The summed E-state index contributed by atoms with van der Waals surface area (Å²) in [4.78, 5) is 0. The summed E-state index contributed by atoms with van der Waals surface area (Å²) in [5.41, 5.74) is -0.935. The summed E-state index contributed by atoms with van der Waals surface area (Å²) in [6.45, 7) is 6.99. The summed E-state index contributed by atoms with van der Waals surface area (Å²) in [5.74, 6) is 0. The van der Waals surface area contributed by atoms with Crippen LogP contribution in [0.1, 0.15) is 26.3 Å². The molecule has 0 saturated heterocycles. The Kier molecular flexibility index (Phi) is 8.22. The molecule has 7 heteroatoms. The zero-order valence-electron chi connectivity index (χ0n) is 14.4.